The number of allylic oxidation sites excluding steroid dienone is 2. The summed E-state index contributed by atoms with van der Waals surface area (Å²) in [7, 11) is 0. The van der Waals surface area contributed by atoms with E-state index in [-0.39, 0.29) is 0 Å². The van der Waals surface area contributed by atoms with Gasteiger partial charge in [0.05, 0.1) is 13.2 Å². The maximum Gasteiger partial charge on any atom is 0.282 e. The summed E-state index contributed by atoms with van der Waals surface area (Å²) in [5.74, 6) is 1.19. The first-order valence-corrected chi connectivity index (χ1v) is 4.79. The number of ether oxygens (including phenoxy) is 3. The lowest BCUT2D eigenvalue weighted by atomic mass is 10.3. The van der Waals surface area contributed by atoms with Crippen molar-refractivity contribution in [1.82, 2.24) is 0 Å². The van der Waals surface area contributed by atoms with Crippen molar-refractivity contribution >= 4 is 0 Å². The van der Waals surface area contributed by atoms with E-state index in [9.17, 15) is 0 Å². The Morgan fingerprint density at radius 2 is 1.46 bits per heavy atom. The van der Waals surface area contributed by atoms with Crippen molar-refractivity contribution in [3.8, 4) is 0 Å². The molecule has 0 aliphatic carbocycles. The van der Waals surface area contributed by atoms with E-state index in [0.29, 0.717) is 11.9 Å². The van der Waals surface area contributed by atoms with Gasteiger partial charge in [-0.1, -0.05) is 0 Å². The van der Waals surface area contributed by atoms with Crippen LogP contribution in [0, 0.1) is 0 Å². The molecule has 2 aliphatic rings. The number of hydrogen-bond acceptors (Lipinski definition) is 3. The molecule has 0 unspecified atom stereocenters. The summed E-state index contributed by atoms with van der Waals surface area (Å²) in [6.45, 7) is 1.50. The predicted molar refractivity (Wildman–Crippen MR) is 47.6 cm³/mol. The van der Waals surface area contributed by atoms with Crippen molar-refractivity contribution in [2.75, 3.05) is 13.2 Å². The van der Waals surface area contributed by atoms with Gasteiger partial charge in [-0.25, -0.2) is 0 Å². The normalized spacial score (nSPS) is 22.2. The quantitative estimate of drug-likeness (QED) is 0.655. The molecule has 0 aromatic carbocycles. The molecule has 0 spiro atoms. The molecule has 0 N–H and O–H groups in total. The fraction of sp³-hybridized carbons (Fsp3) is 0.600. The Hall–Kier alpha value is -1.12. The van der Waals surface area contributed by atoms with Gasteiger partial charge in [0.15, 0.2) is 0 Å². The summed E-state index contributed by atoms with van der Waals surface area (Å²) in [4.78, 5) is 0. The topological polar surface area (TPSA) is 27.7 Å². The van der Waals surface area contributed by atoms with Crippen LogP contribution in [-0.2, 0) is 14.2 Å². The molecule has 3 heteroatoms. The van der Waals surface area contributed by atoms with Crippen LogP contribution in [0.4, 0.5) is 0 Å². The zero-order valence-corrected chi connectivity index (χ0v) is 7.62. The third-order valence-electron chi connectivity index (χ3n) is 2.01. The molecule has 0 saturated heterocycles. The van der Waals surface area contributed by atoms with E-state index in [1.807, 2.05) is 12.2 Å². The maximum atomic E-state index is 5.41. The van der Waals surface area contributed by atoms with E-state index in [1.54, 1.807) is 0 Å². The van der Waals surface area contributed by atoms with Gasteiger partial charge in [0.1, 0.15) is 0 Å². The zero-order chi connectivity index (χ0) is 8.93. The van der Waals surface area contributed by atoms with Crippen LogP contribution in [0.2, 0.25) is 0 Å². The Morgan fingerprint density at radius 3 is 1.85 bits per heavy atom. The van der Waals surface area contributed by atoms with Crippen molar-refractivity contribution in [2.24, 2.45) is 0 Å². The minimum absolute atomic E-state index is 0.597. The summed E-state index contributed by atoms with van der Waals surface area (Å²) < 4.78 is 16.0. The van der Waals surface area contributed by atoms with Gasteiger partial charge in [0.2, 0.25) is 0 Å². The van der Waals surface area contributed by atoms with E-state index < -0.39 is 0 Å². The van der Waals surface area contributed by atoms with E-state index >= 15 is 0 Å². The summed E-state index contributed by atoms with van der Waals surface area (Å²) in [6.07, 6.45) is 8.13. The van der Waals surface area contributed by atoms with E-state index in [1.165, 1.54) is 0 Å². The van der Waals surface area contributed by atoms with Gasteiger partial charge in [-0.05, 0) is 37.8 Å². The summed E-state index contributed by atoms with van der Waals surface area (Å²) in [5, 5.41) is 0. The Labute approximate surface area is 78.0 Å². The lowest BCUT2D eigenvalue weighted by molar-refractivity contribution is -0.0176. The third-order valence-corrected chi connectivity index (χ3v) is 2.01. The molecule has 0 radical (unpaired) electrons. The highest BCUT2D eigenvalue weighted by Crippen LogP contribution is 2.18. The van der Waals surface area contributed by atoms with Crippen LogP contribution in [0.1, 0.15) is 25.7 Å². The minimum Gasteiger partial charge on any atom is -0.465 e. The first-order chi connectivity index (χ1) is 6.45. The van der Waals surface area contributed by atoms with Gasteiger partial charge < -0.3 is 14.2 Å². The first-order valence-electron chi connectivity index (χ1n) is 4.79. The van der Waals surface area contributed by atoms with Crippen molar-refractivity contribution in [3.05, 3.63) is 24.0 Å². The molecule has 0 aromatic rings. The van der Waals surface area contributed by atoms with Crippen LogP contribution in [0.15, 0.2) is 24.0 Å². The van der Waals surface area contributed by atoms with Crippen molar-refractivity contribution in [3.63, 3.8) is 0 Å². The molecule has 2 heterocycles. The number of hydrogen-bond donors (Lipinski definition) is 0. The molecule has 13 heavy (non-hydrogen) atoms. The molecule has 0 amide bonds. The molecular formula is C10H14O3. The largest absolute Gasteiger partial charge is 0.465 e. The van der Waals surface area contributed by atoms with Crippen LogP contribution in [0.25, 0.3) is 0 Å². The average Bonchev–Trinajstić information content (AvgIpc) is 2.21. The molecule has 0 aromatic heterocycles. The molecule has 0 atom stereocenters. The van der Waals surface area contributed by atoms with Crippen LogP contribution < -0.4 is 0 Å². The lowest BCUT2D eigenvalue weighted by Crippen LogP contribution is -2.09. The highest BCUT2D eigenvalue weighted by atomic mass is 16.7. The highest BCUT2D eigenvalue weighted by molar-refractivity contribution is 4.95. The van der Waals surface area contributed by atoms with Gasteiger partial charge in [-0.15, -0.1) is 0 Å². The second-order valence-corrected chi connectivity index (χ2v) is 3.13. The average molecular weight is 182 g/mol. The van der Waals surface area contributed by atoms with Crippen molar-refractivity contribution < 1.29 is 14.2 Å². The van der Waals surface area contributed by atoms with E-state index in [4.69, 9.17) is 14.2 Å². The Balaban J connectivity index is 1.88. The first kappa shape index (κ1) is 8.48. The SMILES string of the molecule is C1=C(OC2=CCCCO2)OCCC1. The molecular weight excluding hydrogens is 168 g/mol. The van der Waals surface area contributed by atoms with E-state index in [0.717, 1.165) is 38.9 Å². The summed E-state index contributed by atoms with van der Waals surface area (Å²) in [6, 6.07) is 0. The van der Waals surface area contributed by atoms with Crippen LogP contribution >= 0.6 is 0 Å². The van der Waals surface area contributed by atoms with Gasteiger partial charge in [-0.3, -0.25) is 0 Å². The third kappa shape index (κ3) is 2.41. The zero-order valence-electron chi connectivity index (χ0n) is 7.62. The fourth-order valence-electron chi connectivity index (χ4n) is 1.31. The highest BCUT2D eigenvalue weighted by Gasteiger charge is 2.11. The molecule has 72 valence electrons. The van der Waals surface area contributed by atoms with Gasteiger partial charge in [0.25, 0.3) is 11.9 Å². The van der Waals surface area contributed by atoms with Crippen molar-refractivity contribution in [1.29, 1.82) is 0 Å². The molecule has 2 aliphatic heterocycles. The summed E-state index contributed by atoms with van der Waals surface area (Å²) >= 11 is 0. The molecule has 0 saturated carbocycles. The Morgan fingerprint density at radius 1 is 0.923 bits per heavy atom. The molecule has 0 bridgehead atoms. The predicted octanol–water partition coefficient (Wildman–Crippen LogP) is 2.31. The van der Waals surface area contributed by atoms with Crippen molar-refractivity contribution in [2.45, 2.75) is 25.7 Å². The maximum absolute atomic E-state index is 5.41. The van der Waals surface area contributed by atoms with Crippen LogP contribution in [0.3, 0.4) is 0 Å². The second kappa shape index (κ2) is 4.21. The van der Waals surface area contributed by atoms with Gasteiger partial charge in [0, 0.05) is 0 Å². The van der Waals surface area contributed by atoms with Crippen LogP contribution in [-0.4, -0.2) is 13.2 Å². The second-order valence-electron chi connectivity index (χ2n) is 3.13. The molecule has 2 rings (SSSR count). The lowest BCUT2D eigenvalue weighted by Gasteiger charge is -2.19. The molecule has 0 fully saturated rings. The molecule has 3 nitrogen and oxygen atoms in total. The van der Waals surface area contributed by atoms with Gasteiger partial charge in [-0.2, -0.15) is 0 Å². The fourth-order valence-corrected chi connectivity index (χ4v) is 1.31. The minimum atomic E-state index is 0.597. The Bertz CT molecular complexity index is 206. The smallest absolute Gasteiger partial charge is 0.282 e. The standard InChI is InChI=1S/C10H14O3/c1-3-7-11-9(5-1)13-10-6-2-4-8-12-10/h5-6H,1-4,7-8H2. The van der Waals surface area contributed by atoms with Crippen LogP contribution in [0.5, 0.6) is 0 Å². The Kier molecular flexibility index (Phi) is 2.75. The summed E-state index contributed by atoms with van der Waals surface area (Å²) in [5.41, 5.74) is 0. The number of rotatable bonds is 2. The van der Waals surface area contributed by atoms with E-state index in [2.05, 4.69) is 0 Å². The van der Waals surface area contributed by atoms with Gasteiger partial charge >= 0.3 is 0 Å². The monoisotopic (exact) mass is 182 g/mol.